The van der Waals surface area contributed by atoms with E-state index in [-0.39, 0.29) is 11.6 Å². The number of hydrogen-bond acceptors (Lipinski definition) is 4. The maximum atomic E-state index is 13.2. The Balaban J connectivity index is 1.20. The van der Waals surface area contributed by atoms with E-state index in [1.807, 2.05) is 12.2 Å². The standard InChI is InChI=1S/C32H38N2O2/c35-31(19-14-25-10-15-28(16-11-25)33-20-3-1-4-21-33)30-9-7-8-27(32(30)36)24-26-12-17-29(18-13-26)34-22-5-2-6-23-34/h10-19,24,30H,1-9,20-23H2/b19-14+,27-24-. The van der Waals surface area contributed by atoms with Crippen LogP contribution in [-0.4, -0.2) is 37.7 Å². The molecule has 188 valence electrons. The number of nitrogens with zero attached hydrogens (tertiary/aromatic N) is 2. The van der Waals surface area contributed by atoms with E-state index >= 15 is 0 Å². The Morgan fingerprint density at radius 1 is 0.694 bits per heavy atom. The van der Waals surface area contributed by atoms with Crippen LogP contribution < -0.4 is 9.80 Å². The van der Waals surface area contributed by atoms with Gasteiger partial charge in [0.1, 0.15) is 0 Å². The average molecular weight is 483 g/mol. The normalized spacial score (nSPS) is 22.4. The number of benzene rings is 2. The lowest BCUT2D eigenvalue weighted by Crippen LogP contribution is -2.29. The van der Waals surface area contributed by atoms with E-state index in [1.54, 1.807) is 6.08 Å². The molecule has 4 nitrogen and oxygen atoms in total. The number of rotatable bonds is 6. The highest BCUT2D eigenvalue weighted by Crippen LogP contribution is 2.29. The van der Waals surface area contributed by atoms with Crippen molar-refractivity contribution in [2.75, 3.05) is 36.0 Å². The molecule has 0 amide bonds. The Labute approximate surface area is 215 Å². The van der Waals surface area contributed by atoms with Gasteiger partial charge in [-0.1, -0.05) is 30.3 Å². The molecule has 1 aliphatic carbocycles. The molecular formula is C32H38N2O2. The molecule has 2 saturated heterocycles. The first kappa shape index (κ1) is 24.5. The van der Waals surface area contributed by atoms with Gasteiger partial charge in [0.2, 0.25) is 0 Å². The summed E-state index contributed by atoms with van der Waals surface area (Å²) < 4.78 is 0. The second-order valence-corrected chi connectivity index (χ2v) is 10.5. The third-order valence-electron chi connectivity index (χ3n) is 7.92. The van der Waals surface area contributed by atoms with Crippen LogP contribution in [0.5, 0.6) is 0 Å². The van der Waals surface area contributed by atoms with Crippen molar-refractivity contribution in [2.24, 2.45) is 5.92 Å². The van der Waals surface area contributed by atoms with Crippen molar-refractivity contribution in [2.45, 2.75) is 57.8 Å². The zero-order valence-corrected chi connectivity index (χ0v) is 21.3. The second-order valence-electron chi connectivity index (χ2n) is 10.5. The summed E-state index contributed by atoms with van der Waals surface area (Å²) >= 11 is 0. The third-order valence-corrected chi connectivity index (χ3v) is 7.92. The molecule has 2 aromatic rings. The zero-order chi connectivity index (χ0) is 24.7. The Hall–Kier alpha value is -3.14. The highest BCUT2D eigenvalue weighted by atomic mass is 16.1. The largest absolute Gasteiger partial charge is 0.372 e. The van der Waals surface area contributed by atoms with Gasteiger partial charge in [0.05, 0.1) is 5.92 Å². The van der Waals surface area contributed by atoms with Crippen LogP contribution in [-0.2, 0) is 9.59 Å². The Morgan fingerprint density at radius 3 is 1.78 bits per heavy atom. The van der Waals surface area contributed by atoms with Crippen LogP contribution in [0.4, 0.5) is 11.4 Å². The fraction of sp³-hybridized carbons (Fsp3) is 0.438. The van der Waals surface area contributed by atoms with Gasteiger partial charge in [-0.25, -0.2) is 0 Å². The maximum Gasteiger partial charge on any atom is 0.169 e. The number of allylic oxidation sites excluding steroid dienone is 2. The quantitative estimate of drug-likeness (QED) is 0.339. The summed E-state index contributed by atoms with van der Waals surface area (Å²) in [6.07, 6.45) is 15.4. The molecule has 1 unspecified atom stereocenters. The molecule has 0 N–H and O–H groups in total. The predicted molar refractivity (Wildman–Crippen MR) is 149 cm³/mol. The minimum absolute atomic E-state index is 0.00328. The van der Waals surface area contributed by atoms with Crippen molar-refractivity contribution in [3.63, 3.8) is 0 Å². The average Bonchev–Trinajstić information content (AvgIpc) is 2.94. The molecular weight excluding hydrogens is 444 g/mol. The topological polar surface area (TPSA) is 40.6 Å². The SMILES string of the molecule is O=C(/C=C/c1ccc(N2CCCCC2)cc1)C1CCC/C(=C/c2ccc(N3CCCCC3)cc2)C1=O. The monoisotopic (exact) mass is 482 g/mol. The molecule has 0 radical (unpaired) electrons. The molecule has 1 atom stereocenters. The summed E-state index contributed by atoms with van der Waals surface area (Å²) in [6.45, 7) is 4.49. The lowest BCUT2D eigenvalue weighted by Gasteiger charge is -2.28. The van der Waals surface area contributed by atoms with Crippen molar-refractivity contribution in [1.82, 2.24) is 0 Å². The van der Waals surface area contributed by atoms with Gasteiger partial charge >= 0.3 is 0 Å². The summed E-state index contributed by atoms with van der Waals surface area (Å²) in [5.74, 6) is -0.635. The van der Waals surface area contributed by atoms with E-state index in [0.717, 1.165) is 55.7 Å². The summed E-state index contributed by atoms with van der Waals surface area (Å²) in [5.41, 5.74) is 5.33. The molecule has 5 rings (SSSR count). The summed E-state index contributed by atoms with van der Waals surface area (Å²) in [5, 5.41) is 0. The molecule has 36 heavy (non-hydrogen) atoms. The van der Waals surface area contributed by atoms with Crippen LogP contribution in [0.2, 0.25) is 0 Å². The van der Waals surface area contributed by atoms with E-state index in [0.29, 0.717) is 6.42 Å². The van der Waals surface area contributed by atoms with Crippen LogP contribution >= 0.6 is 0 Å². The smallest absolute Gasteiger partial charge is 0.169 e. The van der Waals surface area contributed by atoms with Gasteiger partial charge in [0, 0.05) is 37.6 Å². The Kier molecular flexibility index (Phi) is 8.00. The van der Waals surface area contributed by atoms with Crippen LogP contribution in [0, 0.1) is 5.92 Å². The summed E-state index contributed by atoms with van der Waals surface area (Å²) in [6, 6.07) is 16.9. The molecule has 2 aliphatic heterocycles. The summed E-state index contributed by atoms with van der Waals surface area (Å²) in [4.78, 5) is 31.0. The second kappa shape index (κ2) is 11.7. The van der Waals surface area contributed by atoms with Crippen LogP contribution in [0.3, 0.4) is 0 Å². The van der Waals surface area contributed by atoms with Gasteiger partial charge in [-0.15, -0.1) is 0 Å². The Bertz CT molecular complexity index is 1100. The first-order valence-corrected chi connectivity index (χ1v) is 13.8. The number of Topliss-reactive ketones (excluding diaryl/α,β-unsaturated/α-hetero) is 1. The molecule has 0 spiro atoms. The van der Waals surface area contributed by atoms with Gasteiger partial charge in [0.25, 0.3) is 0 Å². The van der Waals surface area contributed by atoms with Crippen molar-refractivity contribution < 1.29 is 9.59 Å². The third kappa shape index (κ3) is 5.98. The van der Waals surface area contributed by atoms with E-state index in [9.17, 15) is 9.59 Å². The zero-order valence-electron chi connectivity index (χ0n) is 21.3. The van der Waals surface area contributed by atoms with E-state index in [2.05, 4.69) is 58.3 Å². The number of ketones is 2. The van der Waals surface area contributed by atoms with Crippen molar-refractivity contribution >= 4 is 35.1 Å². The highest BCUT2D eigenvalue weighted by molar-refractivity contribution is 6.16. The predicted octanol–water partition coefficient (Wildman–Crippen LogP) is 6.70. The lowest BCUT2D eigenvalue weighted by molar-refractivity contribution is -0.129. The van der Waals surface area contributed by atoms with Crippen molar-refractivity contribution in [3.8, 4) is 0 Å². The molecule has 1 saturated carbocycles. The van der Waals surface area contributed by atoms with Gasteiger partial charge in [-0.05, 0) is 111 Å². The number of piperidine rings is 2. The lowest BCUT2D eigenvalue weighted by atomic mass is 9.81. The van der Waals surface area contributed by atoms with Crippen LogP contribution in [0.25, 0.3) is 12.2 Å². The van der Waals surface area contributed by atoms with Crippen LogP contribution in [0.1, 0.15) is 68.9 Å². The van der Waals surface area contributed by atoms with Gasteiger partial charge in [-0.3, -0.25) is 9.59 Å². The van der Waals surface area contributed by atoms with Gasteiger partial charge in [-0.2, -0.15) is 0 Å². The van der Waals surface area contributed by atoms with Crippen molar-refractivity contribution in [1.29, 1.82) is 0 Å². The van der Waals surface area contributed by atoms with Gasteiger partial charge < -0.3 is 9.80 Å². The first-order chi connectivity index (χ1) is 17.7. The number of anilines is 2. The highest BCUT2D eigenvalue weighted by Gasteiger charge is 2.30. The Morgan fingerprint density at radius 2 is 1.22 bits per heavy atom. The molecule has 2 heterocycles. The number of carbonyl (C=O) groups excluding carboxylic acids is 2. The van der Waals surface area contributed by atoms with E-state index < -0.39 is 5.92 Å². The first-order valence-electron chi connectivity index (χ1n) is 13.8. The minimum atomic E-state index is -0.554. The van der Waals surface area contributed by atoms with Gasteiger partial charge in [0.15, 0.2) is 11.6 Å². The molecule has 0 aromatic heterocycles. The molecule has 4 heteroatoms. The molecule has 3 aliphatic rings. The van der Waals surface area contributed by atoms with Crippen LogP contribution in [0.15, 0.2) is 60.2 Å². The molecule has 3 fully saturated rings. The van der Waals surface area contributed by atoms with E-state index in [1.165, 1.54) is 49.9 Å². The fourth-order valence-electron chi connectivity index (χ4n) is 5.77. The van der Waals surface area contributed by atoms with E-state index in [4.69, 9.17) is 0 Å². The number of carbonyl (C=O) groups is 2. The maximum absolute atomic E-state index is 13.2. The molecule has 0 bridgehead atoms. The minimum Gasteiger partial charge on any atom is -0.372 e. The van der Waals surface area contributed by atoms with Crippen molar-refractivity contribution in [3.05, 3.63) is 71.3 Å². The molecule has 2 aromatic carbocycles. The number of hydrogen-bond donors (Lipinski definition) is 0. The fourth-order valence-corrected chi connectivity index (χ4v) is 5.77. The summed E-state index contributed by atoms with van der Waals surface area (Å²) in [7, 11) is 0.